The van der Waals surface area contributed by atoms with E-state index in [2.05, 4.69) is 31.0 Å². The fourth-order valence-corrected chi connectivity index (χ4v) is 2.23. The second-order valence-corrected chi connectivity index (χ2v) is 5.35. The number of likely N-dealkylation sites (N-methyl/N-ethyl adjacent to an activating group) is 1. The molecule has 0 aliphatic heterocycles. The number of ether oxygens (including phenoxy) is 1. The molecule has 3 nitrogen and oxygen atoms in total. The van der Waals surface area contributed by atoms with Crippen molar-refractivity contribution in [2.45, 2.75) is 31.8 Å². The molecule has 0 amide bonds. The van der Waals surface area contributed by atoms with Crippen LogP contribution in [0.15, 0.2) is 18.2 Å². The van der Waals surface area contributed by atoms with E-state index in [9.17, 15) is 0 Å². The number of nitrogens with two attached hydrogens (primary N) is 1. The molecule has 2 rings (SSSR count). The third-order valence-corrected chi connectivity index (χ3v) is 3.35. The van der Waals surface area contributed by atoms with Crippen molar-refractivity contribution in [3.8, 4) is 5.75 Å². The smallest absolute Gasteiger partial charge is 0.123 e. The largest absolute Gasteiger partial charge is 0.496 e. The molecular weight excluding hydrogens is 212 g/mol. The zero-order chi connectivity index (χ0) is 12.5. The van der Waals surface area contributed by atoms with Gasteiger partial charge in [-0.3, -0.25) is 0 Å². The van der Waals surface area contributed by atoms with E-state index in [0.29, 0.717) is 0 Å². The lowest BCUT2D eigenvalue weighted by molar-refractivity contribution is 0.289. The molecule has 1 aliphatic carbocycles. The SMILES string of the molecule is COc1ccc(C)cc1CN(C)CC1(N)CC1. The van der Waals surface area contributed by atoms with Crippen LogP contribution in [0.5, 0.6) is 5.75 Å². The van der Waals surface area contributed by atoms with Crippen LogP contribution in [0.25, 0.3) is 0 Å². The molecule has 0 saturated heterocycles. The normalized spacial score (nSPS) is 17.2. The van der Waals surface area contributed by atoms with Crippen LogP contribution >= 0.6 is 0 Å². The molecule has 1 aromatic rings. The summed E-state index contributed by atoms with van der Waals surface area (Å²) in [4.78, 5) is 2.28. The molecule has 0 atom stereocenters. The Hall–Kier alpha value is -1.06. The standard InChI is InChI=1S/C14H22N2O/c1-11-4-5-13(17-3)12(8-11)9-16(2)10-14(15)6-7-14/h4-5,8H,6-7,9-10,15H2,1-3H3. The van der Waals surface area contributed by atoms with E-state index in [1.807, 2.05) is 6.07 Å². The summed E-state index contributed by atoms with van der Waals surface area (Å²) in [7, 11) is 3.84. The monoisotopic (exact) mass is 234 g/mol. The van der Waals surface area contributed by atoms with E-state index in [0.717, 1.165) is 31.7 Å². The predicted octanol–water partition coefficient (Wildman–Crippen LogP) is 1.93. The molecule has 2 N–H and O–H groups in total. The van der Waals surface area contributed by atoms with E-state index in [4.69, 9.17) is 10.5 Å². The lowest BCUT2D eigenvalue weighted by Crippen LogP contribution is -2.36. The zero-order valence-electron chi connectivity index (χ0n) is 11.0. The summed E-state index contributed by atoms with van der Waals surface area (Å²) in [6, 6.07) is 6.30. The Morgan fingerprint density at radius 3 is 2.71 bits per heavy atom. The molecule has 1 saturated carbocycles. The highest BCUT2D eigenvalue weighted by Crippen LogP contribution is 2.33. The number of hydrogen-bond donors (Lipinski definition) is 1. The molecular formula is C14H22N2O. The van der Waals surface area contributed by atoms with Gasteiger partial charge in [-0.2, -0.15) is 0 Å². The Bertz CT molecular complexity index is 399. The van der Waals surface area contributed by atoms with E-state index in [-0.39, 0.29) is 5.54 Å². The first-order valence-electron chi connectivity index (χ1n) is 6.13. The molecule has 1 fully saturated rings. The second-order valence-electron chi connectivity index (χ2n) is 5.35. The van der Waals surface area contributed by atoms with Crippen molar-refractivity contribution in [2.24, 2.45) is 5.73 Å². The summed E-state index contributed by atoms with van der Waals surface area (Å²) < 4.78 is 5.39. The summed E-state index contributed by atoms with van der Waals surface area (Å²) in [6.07, 6.45) is 2.31. The first-order chi connectivity index (χ1) is 8.02. The number of nitrogens with zero attached hydrogens (tertiary/aromatic N) is 1. The average molecular weight is 234 g/mol. The van der Waals surface area contributed by atoms with Gasteiger partial charge in [0.05, 0.1) is 7.11 Å². The van der Waals surface area contributed by atoms with E-state index in [1.54, 1.807) is 7.11 Å². The van der Waals surface area contributed by atoms with Crippen LogP contribution in [-0.2, 0) is 6.54 Å². The Morgan fingerprint density at radius 1 is 1.41 bits per heavy atom. The number of benzene rings is 1. The second kappa shape index (κ2) is 4.67. The van der Waals surface area contributed by atoms with Gasteiger partial charge >= 0.3 is 0 Å². The molecule has 0 aromatic heterocycles. The Morgan fingerprint density at radius 2 is 2.12 bits per heavy atom. The van der Waals surface area contributed by atoms with Gasteiger partial charge in [-0.25, -0.2) is 0 Å². The van der Waals surface area contributed by atoms with E-state index >= 15 is 0 Å². The quantitative estimate of drug-likeness (QED) is 0.846. The van der Waals surface area contributed by atoms with Gasteiger partial charge in [-0.15, -0.1) is 0 Å². The molecule has 0 spiro atoms. The van der Waals surface area contributed by atoms with Crippen LogP contribution in [0.3, 0.4) is 0 Å². The van der Waals surface area contributed by atoms with E-state index in [1.165, 1.54) is 11.1 Å². The fourth-order valence-electron chi connectivity index (χ4n) is 2.23. The van der Waals surface area contributed by atoms with Gasteiger partial charge in [-0.1, -0.05) is 17.7 Å². The summed E-state index contributed by atoms with van der Waals surface area (Å²) in [5, 5.41) is 0. The maximum atomic E-state index is 6.13. The fraction of sp³-hybridized carbons (Fsp3) is 0.571. The van der Waals surface area contributed by atoms with Crippen LogP contribution in [0, 0.1) is 6.92 Å². The summed E-state index contributed by atoms with van der Waals surface area (Å²) in [6.45, 7) is 3.96. The van der Waals surface area contributed by atoms with Gasteiger partial charge in [0, 0.05) is 24.2 Å². The van der Waals surface area contributed by atoms with Crippen molar-refractivity contribution >= 4 is 0 Å². The summed E-state index contributed by atoms with van der Waals surface area (Å²) in [5.74, 6) is 0.962. The molecule has 17 heavy (non-hydrogen) atoms. The van der Waals surface area contributed by atoms with Crippen LogP contribution in [0.1, 0.15) is 24.0 Å². The van der Waals surface area contributed by atoms with Gasteiger partial charge < -0.3 is 15.4 Å². The minimum atomic E-state index is 0.0752. The number of aryl methyl sites for hydroxylation is 1. The lowest BCUT2D eigenvalue weighted by atomic mass is 10.1. The van der Waals surface area contributed by atoms with Gasteiger partial charge in [0.1, 0.15) is 5.75 Å². The maximum Gasteiger partial charge on any atom is 0.123 e. The Kier molecular flexibility index (Phi) is 3.40. The molecule has 1 aliphatic rings. The van der Waals surface area contributed by atoms with Gasteiger partial charge in [0.15, 0.2) is 0 Å². The molecule has 0 radical (unpaired) electrons. The zero-order valence-corrected chi connectivity index (χ0v) is 11.0. The molecule has 1 aromatic carbocycles. The molecule has 94 valence electrons. The van der Waals surface area contributed by atoms with Crippen molar-refractivity contribution in [3.63, 3.8) is 0 Å². The first-order valence-corrected chi connectivity index (χ1v) is 6.13. The van der Waals surface area contributed by atoms with Gasteiger partial charge in [0.25, 0.3) is 0 Å². The molecule has 0 unspecified atom stereocenters. The van der Waals surface area contributed by atoms with E-state index < -0.39 is 0 Å². The van der Waals surface area contributed by atoms with Crippen molar-refractivity contribution in [1.29, 1.82) is 0 Å². The Balaban J connectivity index is 2.03. The minimum Gasteiger partial charge on any atom is -0.496 e. The van der Waals surface area contributed by atoms with Gasteiger partial charge in [-0.05, 0) is 32.9 Å². The lowest BCUT2D eigenvalue weighted by Gasteiger charge is -2.22. The number of methoxy groups -OCH3 is 1. The van der Waals surface area contributed by atoms with Crippen molar-refractivity contribution < 1.29 is 4.74 Å². The van der Waals surface area contributed by atoms with Crippen LogP contribution in [0.2, 0.25) is 0 Å². The highest BCUT2D eigenvalue weighted by atomic mass is 16.5. The maximum absolute atomic E-state index is 6.13. The highest BCUT2D eigenvalue weighted by molar-refractivity contribution is 5.36. The van der Waals surface area contributed by atoms with Crippen molar-refractivity contribution in [1.82, 2.24) is 4.90 Å². The third-order valence-electron chi connectivity index (χ3n) is 3.35. The number of rotatable bonds is 5. The van der Waals surface area contributed by atoms with Gasteiger partial charge in [0.2, 0.25) is 0 Å². The predicted molar refractivity (Wildman–Crippen MR) is 70.2 cm³/mol. The molecule has 0 bridgehead atoms. The Labute approximate surface area is 104 Å². The minimum absolute atomic E-state index is 0.0752. The first kappa shape index (κ1) is 12.4. The topological polar surface area (TPSA) is 38.5 Å². The number of hydrogen-bond acceptors (Lipinski definition) is 3. The molecule has 0 heterocycles. The molecule has 3 heteroatoms. The summed E-state index contributed by atoms with van der Waals surface area (Å²) >= 11 is 0. The highest BCUT2D eigenvalue weighted by Gasteiger charge is 2.38. The van der Waals surface area contributed by atoms with Crippen LogP contribution in [0.4, 0.5) is 0 Å². The average Bonchev–Trinajstić information content (AvgIpc) is 2.96. The summed E-state index contributed by atoms with van der Waals surface area (Å²) in [5.41, 5.74) is 8.71. The van der Waals surface area contributed by atoms with Crippen molar-refractivity contribution in [3.05, 3.63) is 29.3 Å². The van der Waals surface area contributed by atoms with Crippen LogP contribution < -0.4 is 10.5 Å². The van der Waals surface area contributed by atoms with Crippen LogP contribution in [-0.4, -0.2) is 31.1 Å². The van der Waals surface area contributed by atoms with Crippen molar-refractivity contribution in [2.75, 3.05) is 20.7 Å². The third kappa shape index (κ3) is 3.20.